The summed E-state index contributed by atoms with van der Waals surface area (Å²) in [4.78, 5) is 2.46. The fourth-order valence-corrected chi connectivity index (χ4v) is 1.97. The number of hydrogen-bond acceptors (Lipinski definition) is 3. The van der Waals surface area contributed by atoms with E-state index in [9.17, 15) is 0 Å². The van der Waals surface area contributed by atoms with Crippen molar-refractivity contribution in [1.29, 1.82) is 0 Å². The Labute approximate surface area is 114 Å². The molecule has 1 unspecified atom stereocenters. The molecule has 0 aromatic rings. The van der Waals surface area contributed by atoms with Gasteiger partial charge in [0.2, 0.25) is 0 Å². The van der Waals surface area contributed by atoms with Crippen LogP contribution in [-0.4, -0.2) is 49.8 Å². The van der Waals surface area contributed by atoms with Crippen LogP contribution in [0.2, 0.25) is 0 Å². The predicted molar refractivity (Wildman–Crippen MR) is 80.1 cm³/mol. The van der Waals surface area contributed by atoms with E-state index in [1.54, 1.807) is 7.11 Å². The monoisotopic (exact) mass is 256 g/mol. The van der Waals surface area contributed by atoms with Gasteiger partial charge in [0.1, 0.15) is 0 Å². The van der Waals surface area contributed by atoms with Crippen LogP contribution in [0.15, 0.2) is 12.7 Å². The highest BCUT2D eigenvalue weighted by molar-refractivity contribution is 4.83. The van der Waals surface area contributed by atoms with Crippen LogP contribution in [0.4, 0.5) is 0 Å². The fourth-order valence-electron chi connectivity index (χ4n) is 1.97. The van der Waals surface area contributed by atoms with Crippen LogP contribution in [0.3, 0.4) is 0 Å². The molecular formula is C15H32N2O. The molecule has 0 aliphatic carbocycles. The fraction of sp³-hybridized carbons (Fsp3) is 0.867. The minimum atomic E-state index is 0.174. The van der Waals surface area contributed by atoms with Crippen LogP contribution in [0, 0.1) is 0 Å². The minimum absolute atomic E-state index is 0.174. The molecule has 3 nitrogen and oxygen atoms in total. The number of methoxy groups -OCH3 is 1. The van der Waals surface area contributed by atoms with Crippen molar-refractivity contribution in [2.24, 2.45) is 0 Å². The summed E-state index contributed by atoms with van der Waals surface area (Å²) in [6.07, 6.45) is 4.40. The number of hydrogen-bond donors (Lipinski definition) is 1. The van der Waals surface area contributed by atoms with Crippen molar-refractivity contribution in [2.45, 2.75) is 52.1 Å². The van der Waals surface area contributed by atoms with Gasteiger partial charge in [-0.1, -0.05) is 19.4 Å². The maximum atomic E-state index is 5.20. The zero-order chi connectivity index (χ0) is 14.0. The molecular weight excluding hydrogens is 224 g/mol. The molecule has 1 N–H and O–H groups in total. The summed E-state index contributed by atoms with van der Waals surface area (Å²) >= 11 is 0. The van der Waals surface area contributed by atoms with E-state index >= 15 is 0 Å². The smallest absolute Gasteiger partial charge is 0.0589 e. The molecule has 0 aromatic heterocycles. The highest BCUT2D eigenvalue weighted by Gasteiger charge is 2.19. The van der Waals surface area contributed by atoms with Crippen LogP contribution in [0.1, 0.15) is 40.5 Å². The van der Waals surface area contributed by atoms with E-state index in [4.69, 9.17) is 4.74 Å². The first-order valence-electron chi connectivity index (χ1n) is 7.03. The lowest BCUT2D eigenvalue weighted by atomic mass is 10.1. The normalized spacial score (nSPS) is 13.9. The molecule has 0 aliphatic rings. The molecule has 1 atom stereocenters. The second-order valence-corrected chi connectivity index (χ2v) is 5.85. The summed E-state index contributed by atoms with van der Waals surface area (Å²) in [6, 6.07) is 0.558. The van der Waals surface area contributed by atoms with E-state index in [1.807, 2.05) is 6.08 Å². The van der Waals surface area contributed by atoms with Crippen LogP contribution >= 0.6 is 0 Å². The average Bonchev–Trinajstić information content (AvgIpc) is 2.29. The predicted octanol–water partition coefficient (Wildman–Crippen LogP) is 2.68. The van der Waals surface area contributed by atoms with E-state index in [1.165, 1.54) is 12.8 Å². The highest BCUT2D eigenvalue weighted by atomic mass is 16.5. The molecule has 0 spiro atoms. The Morgan fingerprint density at radius 3 is 2.50 bits per heavy atom. The molecule has 0 aromatic carbocycles. The molecule has 0 radical (unpaired) electrons. The number of nitrogens with one attached hydrogen (secondary N) is 1. The largest absolute Gasteiger partial charge is 0.383 e. The first-order chi connectivity index (χ1) is 8.44. The van der Waals surface area contributed by atoms with Crippen molar-refractivity contribution in [3.8, 4) is 0 Å². The quantitative estimate of drug-likeness (QED) is 0.608. The van der Waals surface area contributed by atoms with Gasteiger partial charge in [0.25, 0.3) is 0 Å². The molecule has 0 saturated heterocycles. The van der Waals surface area contributed by atoms with Crippen LogP contribution in [0.5, 0.6) is 0 Å². The van der Waals surface area contributed by atoms with Gasteiger partial charge in [-0.15, -0.1) is 6.58 Å². The van der Waals surface area contributed by atoms with Crippen molar-refractivity contribution in [1.82, 2.24) is 10.2 Å². The summed E-state index contributed by atoms with van der Waals surface area (Å²) in [6.45, 7) is 16.4. The van der Waals surface area contributed by atoms with Gasteiger partial charge in [-0.3, -0.25) is 4.90 Å². The van der Waals surface area contributed by atoms with E-state index < -0.39 is 0 Å². The topological polar surface area (TPSA) is 24.5 Å². The molecule has 0 saturated carbocycles. The minimum Gasteiger partial charge on any atom is -0.383 e. The van der Waals surface area contributed by atoms with Gasteiger partial charge >= 0.3 is 0 Å². The van der Waals surface area contributed by atoms with Crippen molar-refractivity contribution in [3.63, 3.8) is 0 Å². The molecule has 0 fully saturated rings. The van der Waals surface area contributed by atoms with E-state index in [0.29, 0.717) is 6.04 Å². The maximum Gasteiger partial charge on any atom is 0.0589 e. The van der Waals surface area contributed by atoms with E-state index in [0.717, 1.165) is 26.2 Å². The number of nitrogens with zero attached hydrogens (tertiary/aromatic N) is 1. The third-order valence-electron chi connectivity index (χ3n) is 2.95. The Morgan fingerprint density at radius 2 is 2.06 bits per heavy atom. The van der Waals surface area contributed by atoms with Crippen molar-refractivity contribution in [2.75, 3.05) is 33.4 Å². The molecule has 108 valence electrons. The van der Waals surface area contributed by atoms with Crippen LogP contribution in [-0.2, 0) is 4.74 Å². The zero-order valence-corrected chi connectivity index (χ0v) is 13.0. The summed E-state index contributed by atoms with van der Waals surface area (Å²) in [7, 11) is 1.76. The Bertz CT molecular complexity index is 211. The second-order valence-electron chi connectivity index (χ2n) is 5.85. The third kappa shape index (κ3) is 8.67. The summed E-state index contributed by atoms with van der Waals surface area (Å²) in [5, 5.41) is 3.61. The van der Waals surface area contributed by atoms with Gasteiger partial charge in [-0.05, 0) is 27.2 Å². The Hall–Kier alpha value is -0.380. The Kier molecular flexibility index (Phi) is 9.34. The van der Waals surface area contributed by atoms with Gasteiger partial charge in [-0.2, -0.15) is 0 Å². The SMILES string of the molecule is C=CCN(CCOC)C(CCC)CNC(C)(C)C. The average molecular weight is 256 g/mol. The molecule has 0 bridgehead atoms. The van der Waals surface area contributed by atoms with E-state index in [-0.39, 0.29) is 5.54 Å². The molecule has 0 heterocycles. The number of ether oxygens (including phenoxy) is 1. The van der Waals surface area contributed by atoms with Crippen LogP contribution < -0.4 is 5.32 Å². The van der Waals surface area contributed by atoms with Gasteiger partial charge in [-0.25, -0.2) is 0 Å². The van der Waals surface area contributed by atoms with Crippen LogP contribution in [0.25, 0.3) is 0 Å². The summed E-state index contributed by atoms with van der Waals surface area (Å²) in [5.74, 6) is 0. The molecule has 0 aliphatic heterocycles. The summed E-state index contributed by atoms with van der Waals surface area (Å²) in [5.41, 5.74) is 0.174. The first-order valence-corrected chi connectivity index (χ1v) is 7.03. The van der Waals surface area contributed by atoms with Gasteiger partial charge in [0, 0.05) is 38.3 Å². The zero-order valence-electron chi connectivity index (χ0n) is 13.0. The van der Waals surface area contributed by atoms with Gasteiger partial charge < -0.3 is 10.1 Å². The highest BCUT2D eigenvalue weighted by Crippen LogP contribution is 2.09. The number of rotatable bonds is 10. The Morgan fingerprint density at radius 1 is 1.39 bits per heavy atom. The maximum absolute atomic E-state index is 5.20. The molecule has 18 heavy (non-hydrogen) atoms. The summed E-state index contributed by atoms with van der Waals surface area (Å²) < 4.78 is 5.20. The third-order valence-corrected chi connectivity index (χ3v) is 2.95. The van der Waals surface area contributed by atoms with Gasteiger partial charge in [0.15, 0.2) is 0 Å². The lowest BCUT2D eigenvalue weighted by Crippen LogP contribution is -2.48. The first kappa shape index (κ1) is 17.6. The Balaban J connectivity index is 4.42. The van der Waals surface area contributed by atoms with Gasteiger partial charge in [0.05, 0.1) is 6.61 Å². The van der Waals surface area contributed by atoms with Crippen molar-refractivity contribution in [3.05, 3.63) is 12.7 Å². The van der Waals surface area contributed by atoms with E-state index in [2.05, 4.69) is 44.5 Å². The molecule has 3 heteroatoms. The standard InChI is InChI=1S/C15H32N2O/c1-7-9-14(13-16-15(3,4)5)17(10-8-2)11-12-18-6/h8,14,16H,2,7,9-13H2,1,3-6H3. The molecule has 0 rings (SSSR count). The van der Waals surface area contributed by atoms with Crippen molar-refractivity contribution >= 4 is 0 Å². The molecule has 0 amide bonds. The van der Waals surface area contributed by atoms with Crippen molar-refractivity contribution < 1.29 is 4.74 Å². The lowest BCUT2D eigenvalue weighted by Gasteiger charge is -2.33. The lowest BCUT2D eigenvalue weighted by molar-refractivity contribution is 0.120. The second kappa shape index (κ2) is 9.54.